The number of likely N-dealkylation sites (N-methyl/N-ethyl adjacent to an activating group) is 1. The van der Waals surface area contributed by atoms with E-state index in [9.17, 15) is 4.79 Å². The summed E-state index contributed by atoms with van der Waals surface area (Å²) in [6.45, 7) is 4.50. The fraction of sp³-hybridized carbons (Fsp3) is 0.588. The average molecular weight is 289 g/mol. The molecule has 2 atom stereocenters. The Kier molecular flexibility index (Phi) is 5.37. The minimum atomic E-state index is -0.215. The number of rotatable bonds is 6. The van der Waals surface area contributed by atoms with Crippen LogP contribution in [0.2, 0.25) is 0 Å². The van der Waals surface area contributed by atoms with Crippen LogP contribution < -0.4 is 10.6 Å². The predicted octanol–water partition coefficient (Wildman–Crippen LogP) is 1.80. The molecule has 4 heteroatoms. The van der Waals surface area contributed by atoms with Crippen molar-refractivity contribution >= 4 is 5.91 Å². The van der Waals surface area contributed by atoms with Crippen LogP contribution in [0.3, 0.4) is 0 Å². The van der Waals surface area contributed by atoms with Crippen LogP contribution in [0.25, 0.3) is 0 Å². The van der Waals surface area contributed by atoms with Crippen molar-refractivity contribution in [3.63, 3.8) is 0 Å². The maximum atomic E-state index is 12.6. The Morgan fingerprint density at radius 3 is 2.62 bits per heavy atom. The second kappa shape index (κ2) is 7.05. The molecule has 1 heterocycles. The van der Waals surface area contributed by atoms with Crippen LogP contribution in [-0.4, -0.2) is 44.5 Å². The van der Waals surface area contributed by atoms with Crippen LogP contribution >= 0.6 is 0 Å². The van der Waals surface area contributed by atoms with Crippen LogP contribution in [0, 0.1) is 5.41 Å². The molecule has 116 valence electrons. The molecule has 0 radical (unpaired) electrons. The van der Waals surface area contributed by atoms with Crippen molar-refractivity contribution in [2.45, 2.75) is 25.8 Å². The van der Waals surface area contributed by atoms with Gasteiger partial charge in [0.1, 0.15) is 0 Å². The molecule has 0 aliphatic carbocycles. The van der Waals surface area contributed by atoms with E-state index in [1.54, 1.807) is 0 Å². The van der Waals surface area contributed by atoms with Crippen LogP contribution in [0.4, 0.5) is 0 Å². The number of carbonyl (C=O) groups is 1. The van der Waals surface area contributed by atoms with Gasteiger partial charge < -0.3 is 15.5 Å². The average Bonchev–Trinajstić information content (AvgIpc) is 2.98. The van der Waals surface area contributed by atoms with E-state index in [1.807, 2.05) is 18.2 Å². The zero-order chi connectivity index (χ0) is 15.3. The van der Waals surface area contributed by atoms with Gasteiger partial charge in [0.2, 0.25) is 5.91 Å². The highest BCUT2D eigenvalue weighted by atomic mass is 16.2. The van der Waals surface area contributed by atoms with Crippen LogP contribution in [-0.2, 0) is 4.79 Å². The maximum absolute atomic E-state index is 12.6. The number of nitrogens with one attached hydrogen (secondary N) is 2. The Balaban J connectivity index is 2.01. The van der Waals surface area contributed by atoms with E-state index in [0.29, 0.717) is 6.54 Å². The first-order valence-electron chi connectivity index (χ1n) is 7.79. The lowest BCUT2D eigenvalue weighted by Crippen LogP contribution is -2.45. The van der Waals surface area contributed by atoms with Gasteiger partial charge >= 0.3 is 0 Å². The second-order valence-corrected chi connectivity index (χ2v) is 6.16. The van der Waals surface area contributed by atoms with Crippen LogP contribution in [0.5, 0.6) is 0 Å². The van der Waals surface area contributed by atoms with Gasteiger partial charge in [-0.1, -0.05) is 37.3 Å². The lowest BCUT2D eigenvalue weighted by atomic mass is 9.83. The number of hydrogen-bond acceptors (Lipinski definition) is 3. The van der Waals surface area contributed by atoms with Gasteiger partial charge in [-0.3, -0.25) is 4.79 Å². The third kappa shape index (κ3) is 3.63. The van der Waals surface area contributed by atoms with Gasteiger partial charge in [-0.15, -0.1) is 0 Å². The summed E-state index contributed by atoms with van der Waals surface area (Å²) in [6.07, 6.45) is 1.83. The SMILES string of the molecule is CCC1(C(=O)NCC(c2ccccc2)N(C)C)CCNC1. The number of hydrogen-bond donors (Lipinski definition) is 2. The molecule has 1 aromatic carbocycles. The summed E-state index contributed by atoms with van der Waals surface area (Å²) in [4.78, 5) is 14.7. The third-order valence-corrected chi connectivity index (χ3v) is 4.67. The smallest absolute Gasteiger partial charge is 0.227 e. The molecule has 2 rings (SSSR count). The standard InChI is InChI=1S/C17H27N3O/c1-4-17(10-11-18-13-17)16(21)19-12-15(20(2)3)14-8-6-5-7-9-14/h5-9,15,18H,4,10-13H2,1-3H3,(H,19,21). The van der Waals surface area contributed by atoms with Crippen molar-refractivity contribution in [3.8, 4) is 0 Å². The fourth-order valence-electron chi connectivity index (χ4n) is 3.05. The Morgan fingerprint density at radius 1 is 1.38 bits per heavy atom. The zero-order valence-corrected chi connectivity index (χ0v) is 13.4. The van der Waals surface area contributed by atoms with Crippen molar-refractivity contribution < 1.29 is 4.79 Å². The minimum Gasteiger partial charge on any atom is -0.354 e. The minimum absolute atomic E-state index is 0.192. The first-order chi connectivity index (χ1) is 10.1. The Morgan fingerprint density at radius 2 is 2.10 bits per heavy atom. The Bertz CT molecular complexity index is 452. The number of amides is 1. The highest BCUT2D eigenvalue weighted by Crippen LogP contribution is 2.29. The Labute approximate surface area is 127 Å². The number of benzene rings is 1. The molecular weight excluding hydrogens is 262 g/mol. The van der Waals surface area contributed by atoms with E-state index < -0.39 is 0 Å². The molecule has 1 saturated heterocycles. The van der Waals surface area contributed by atoms with Gasteiger partial charge in [0.05, 0.1) is 11.5 Å². The summed E-state index contributed by atoms with van der Waals surface area (Å²) in [5.74, 6) is 0.192. The molecular formula is C17H27N3O. The van der Waals surface area contributed by atoms with Crippen molar-refractivity contribution in [2.75, 3.05) is 33.7 Å². The molecule has 0 bridgehead atoms. The molecule has 1 aromatic rings. The molecule has 1 amide bonds. The summed E-state index contributed by atoms with van der Waals surface area (Å²) in [5.41, 5.74) is 1.02. The molecule has 0 saturated carbocycles. The first kappa shape index (κ1) is 16.0. The lowest BCUT2D eigenvalue weighted by Gasteiger charge is -2.29. The van der Waals surface area contributed by atoms with E-state index in [-0.39, 0.29) is 17.4 Å². The van der Waals surface area contributed by atoms with Crippen molar-refractivity contribution in [3.05, 3.63) is 35.9 Å². The van der Waals surface area contributed by atoms with E-state index in [0.717, 1.165) is 25.9 Å². The summed E-state index contributed by atoms with van der Waals surface area (Å²) < 4.78 is 0. The van der Waals surface area contributed by atoms with E-state index >= 15 is 0 Å². The normalized spacial score (nSPS) is 23.2. The van der Waals surface area contributed by atoms with Crippen molar-refractivity contribution in [1.29, 1.82) is 0 Å². The summed E-state index contributed by atoms with van der Waals surface area (Å²) in [5, 5.41) is 6.49. The largest absolute Gasteiger partial charge is 0.354 e. The number of carbonyl (C=O) groups excluding carboxylic acids is 1. The summed E-state index contributed by atoms with van der Waals surface area (Å²) in [7, 11) is 4.10. The topological polar surface area (TPSA) is 44.4 Å². The van der Waals surface area contributed by atoms with Crippen molar-refractivity contribution in [1.82, 2.24) is 15.5 Å². The van der Waals surface area contributed by atoms with E-state index in [2.05, 4.69) is 48.7 Å². The monoisotopic (exact) mass is 289 g/mol. The van der Waals surface area contributed by atoms with Gasteiger partial charge in [0.15, 0.2) is 0 Å². The maximum Gasteiger partial charge on any atom is 0.227 e. The molecule has 1 aliphatic heterocycles. The lowest BCUT2D eigenvalue weighted by molar-refractivity contribution is -0.130. The van der Waals surface area contributed by atoms with Gasteiger partial charge in [-0.05, 0) is 39.0 Å². The highest BCUT2D eigenvalue weighted by molar-refractivity contribution is 5.83. The highest BCUT2D eigenvalue weighted by Gasteiger charge is 2.39. The van der Waals surface area contributed by atoms with Crippen LogP contribution in [0.15, 0.2) is 30.3 Å². The van der Waals surface area contributed by atoms with Gasteiger partial charge in [0, 0.05) is 13.1 Å². The van der Waals surface area contributed by atoms with E-state index in [1.165, 1.54) is 5.56 Å². The molecule has 4 nitrogen and oxygen atoms in total. The first-order valence-corrected chi connectivity index (χ1v) is 7.79. The van der Waals surface area contributed by atoms with Crippen LogP contribution in [0.1, 0.15) is 31.4 Å². The fourth-order valence-corrected chi connectivity index (χ4v) is 3.05. The molecule has 1 fully saturated rings. The second-order valence-electron chi connectivity index (χ2n) is 6.16. The summed E-state index contributed by atoms with van der Waals surface area (Å²) in [6, 6.07) is 10.5. The quantitative estimate of drug-likeness (QED) is 0.839. The van der Waals surface area contributed by atoms with Crippen molar-refractivity contribution in [2.24, 2.45) is 5.41 Å². The van der Waals surface area contributed by atoms with E-state index in [4.69, 9.17) is 0 Å². The van der Waals surface area contributed by atoms with Gasteiger partial charge in [0.25, 0.3) is 0 Å². The summed E-state index contributed by atoms with van der Waals surface area (Å²) >= 11 is 0. The molecule has 0 aromatic heterocycles. The Hall–Kier alpha value is -1.39. The third-order valence-electron chi connectivity index (χ3n) is 4.67. The molecule has 0 spiro atoms. The molecule has 2 unspecified atom stereocenters. The molecule has 1 aliphatic rings. The molecule has 2 N–H and O–H groups in total. The zero-order valence-electron chi connectivity index (χ0n) is 13.4. The van der Waals surface area contributed by atoms with Gasteiger partial charge in [-0.25, -0.2) is 0 Å². The predicted molar refractivity (Wildman–Crippen MR) is 86.1 cm³/mol. The molecule has 21 heavy (non-hydrogen) atoms. The van der Waals surface area contributed by atoms with Gasteiger partial charge in [-0.2, -0.15) is 0 Å². The number of nitrogens with zero attached hydrogens (tertiary/aromatic N) is 1.